The van der Waals surface area contributed by atoms with Crippen LogP contribution in [0.2, 0.25) is 10.0 Å². The minimum absolute atomic E-state index is 0.0407. The molecule has 2 aromatic carbocycles. The molecule has 0 unspecified atom stereocenters. The number of H-pyrrole nitrogens is 1. The van der Waals surface area contributed by atoms with Crippen LogP contribution in [0.5, 0.6) is 0 Å². The van der Waals surface area contributed by atoms with Gasteiger partial charge in [-0.05, 0) is 30.7 Å². The second kappa shape index (κ2) is 6.64. The van der Waals surface area contributed by atoms with Gasteiger partial charge in [0, 0.05) is 28.6 Å². The van der Waals surface area contributed by atoms with Crippen LogP contribution in [-0.2, 0) is 12.5 Å². The van der Waals surface area contributed by atoms with Crippen molar-refractivity contribution in [2.45, 2.75) is 33.1 Å². The Kier molecular flexibility index (Phi) is 4.52. The molecule has 0 amide bonds. The number of hydrogen-bond donors (Lipinski definition) is 1. The molecule has 2 heterocycles. The Hall–Kier alpha value is -2.30. The average molecular weight is 413 g/mol. The minimum atomic E-state index is -0.0407. The summed E-state index contributed by atoms with van der Waals surface area (Å²) in [6.07, 6.45) is 0. The lowest BCUT2D eigenvalue weighted by atomic mass is 9.89. The van der Waals surface area contributed by atoms with Crippen molar-refractivity contribution >= 4 is 34.2 Å². The zero-order valence-electron chi connectivity index (χ0n) is 16.6. The number of nitrogens with one attached hydrogen (secondary N) is 1. The lowest BCUT2D eigenvalue weighted by Gasteiger charge is -2.16. The predicted octanol–water partition coefficient (Wildman–Crippen LogP) is 6.54. The second-order valence-corrected chi connectivity index (χ2v) is 8.93. The highest BCUT2D eigenvalue weighted by Crippen LogP contribution is 2.36. The van der Waals surface area contributed by atoms with E-state index in [-0.39, 0.29) is 5.41 Å². The average Bonchev–Trinajstić information content (AvgIpc) is 3.15. The van der Waals surface area contributed by atoms with Gasteiger partial charge in [0.25, 0.3) is 0 Å². The first-order valence-electron chi connectivity index (χ1n) is 9.15. The third kappa shape index (κ3) is 3.11. The largest absolute Gasteiger partial charge is 0.337 e. The van der Waals surface area contributed by atoms with Gasteiger partial charge in [-0.3, -0.25) is 4.68 Å². The topological polar surface area (TPSA) is 46.5 Å². The molecule has 1 N–H and O–H groups in total. The normalized spacial score (nSPS) is 12.1. The summed E-state index contributed by atoms with van der Waals surface area (Å²) in [4.78, 5) is 8.20. The molecule has 4 nitrogen and oxygen atoms in total. The fourth-order valence-electron chi connectivity index (χ4n) is 3.71. The van der Waals surface area contributed by atoms with Crippen molar-refractivity contribution in [3.8, 4) is 22.6 Å². The van der Waals surface area contributed by atoms with Gasteiger partial charge in [0.2, 0.25) is 0 Å². The van der Waals surface area contributed by atoms with E-state index in [0.29, 0.717) is 10.0 Å². The zero-order chi connectivity index (χ0) is 20.2. The van der Waals surface area contributed by atoms with Gasteiger partial charge in [-0.15, -0.1) is 0 Å². The van der Waals surface area contributed by atoms with Gasteiger partial charge in [0.15, 0.2) is 5.82 Å². The van der Waals surface area contributed by atoms with Crippen molar-refractivity contribution in [3.63, 3.8) is 0 Å². The van der Waals surface area contributed by atoms with E-state index < -0.39 is 0 Å². The number of hydrogen-bond acceptors (Lipinski definition) is 2. The first-order chi connectivity index (χ1) is 13.2. The van der Waals surface area contributed by atoms with Crippen LogP contribution in [0.4, 0.5) is 0 Å². The molecule has 144 valence electrons. The summed E-state index contributed by atoms with van der Waals surface area (Å²) < 4.78 is 1.89. The molecule has 0 radical (unpaired) electrons. The van der Waals surface area contributed by atoms with Crippen LogP contribution in [0, 0.1) is 6.92 Å². The summed E-state index contributed by atoms with van der Waals surface area (Å²) >= 11 is 12.9. The van der Waals surface area contributed by atoms with Crippen LogP contribution in [0.15, 0.2) is 36.4 Å². The van der Waals surface area contributed by atoms with E-state index >= 15 is 0 Å². The summed E-state index contributed by atoms with van der Waals surface area (Å²) in [6, 6.07) is 11.7. The Balaban J connectivity index is 1.89. The zero-order valence-corrected chi connectivity index (χ0v) is 18.1. The number of fused-ring (bicyclic) bond motifs is 1. The Morgan fingerprint density at radius 2 is 1.75 bits per heavy atom. The van der Waals surface area contributed by atoms with E-state index in [9.17, 15) is 0 Å². The molecular formula is C22H22Cl2N4. The van der Waals surface area contributed by atoms with Crippen molar-refractivity contribution in [2.75, 3.05) is 0 Å². The number of rotatable bonds is 2. The van der Waals surface area contributed by atoms with E-state index in [1.54, 1.807) is 0 Å². The quantitative estimate of drug-likeness (QED) is 0.405. The summed E-state index contributed by atoms with van der Waals surface area (Å²) in [5, 5.41) is 6.01. The van der Waals surface area contributed by atoms with Crippen molar-refractivity contribution in [1.82, 2.24) is 19.7 Å². The lowest BCUT2D eigenvalue weighted by Crippen LogP contribution is -2.13. The fraction of sp³-hybridized carbons (Fsp3) is 0.273. The van der Waals surface area contributed by atoms with Gasteiger partial charge < -0.3 is 4.98 Å². The van der Waals surface area contributed by atoms with E-state index in [2.05, 4.69) is 32.7 Å². The van der Waals surface area contributed by atoms with Crippen LogP contribution in [0.25, 0.3) is 33.7 Å². The predicted molar refractivity (Wildman–Crippen MR) is 117 cm³/mol. The van der Waals surface area contributed by atoms with Gasteiger partial charge in [-0.25, -0.2) is 4.98 Å². The Labute approximate surface area is 174 Å². The molecule has 0 fully saturated rings. The van der Waals surface area contributed by atoms with Crippen molar-refractivity contribution < 1.29 is 0 Å². The van der Waals surface area contributed by atoms with E-state index in [1.165, 1.54) is 0 Å². The van der Waals surface area contributed by atoms with Gasteiger partial charge in [-0.2, -0.15) is 5.10 Å². The first kappa shape index (κ1) is 19.0. The van der Waals surface area contributed by atoms with E-state index in [4.69, 9.17) is 33.3 Å². The van der Waals surface area contributed by atoms with Gasteiger partial charge in [0.1, 0.15) is 11.2 Å². The van der Waals surface area contributed by atoms with Gasteiger partial charge in [-0.1, -0.05) is 62.2 Å². The number of benzene rings is 2. The molecule has 4 rings (SSSR count). The third-order valence-electron chi connectivity index (χ3n) is 4.94. The van der Waals surface area contributed by atoms with E-state index in [1.807, 2.05) is 48.1 Å². The standard InChI is InChI=1S/C22H22Cl2N4/c1-12-19(28(5)27-20(12)22(2,3)4)21-25-17-11-13(10-16(24)18(17)26-21)14-8-6-7-9-15(14)23/h6-11H,1-5H3,(H,25,26). The molecule has 0 atom stereocenters. The molecule has 0 aliphatic rings. The molecule has 0 bridgehead atoms. The maximum absolute atomic E-state index is 6.57. The molecule has 0 aliphatic heterocycles. The van der Waals surface area contributed by atoms with E-state index in [0.717, 1.165) is 44.9 Å². The van der Waals surface area contributed by atoms with Crippen molar-refractivity contribution in [1.29, 1.82) is 0 Å². The van der Waals surface area contributed by atoms with Crippen molar-refractivity contribution in [2.24, 2.45) is 7.05 Å². The molecule has 6 heteroatoms. The summed E-state index contributed by atoms with van der Waals surface area (Å²) in [5.41, 5.74) is 6.62. The number of aromatic nitrogens is 4. The number of aromatic amines is 1. The van der Waals surface area contributed by atoms with Crippen LogP contribution in [0.1, 0.15) is 32.0 Å². The Morgan fingerprint density at radius 3 is 2.39 bits per heavy atom. The summed E-state index contributed by atoms with van der Waals surface area (Å²) in [6.45, 7) is 8.58. The van der Waals surface area contributed by atoms with Crippen LogP contribution < -0.4 is 0 Å². The molecule has 28 heavy (non-hydrogen) atoms. The number of imidazole rings is 1. The molecule has 0 saturated heterocycles. The molecule has 4 aromatic rings. The minimum Gasteiger partial charge on any atom is -0.337 e. The second-order valence-electron chi connectivity index (χ2n) is 8.12. The smallest absolute Gasteiger partial charge is 0.157 e. The number of halogens is 2. The van der Waals surface area contributed by atoms with Gasteiger partial charge >= 0.3 is 0 Å². The molecule has 0 aliphatic carbocycles. The third-order valence-corrected chi connectivity index (χ3v) is 5.56. The van der Waals surface area contributed by atoms with Crippen LogP contribution in [0.3, 0.4) is 0 Å². The maximum atomic E-state index is 6.57. The van der Waals surface area contributed by atoms with Crippen LogP contribution >= 0.6 is 23.2 Å². The first-order valence-corrected chi connectivity index (χ1v) is 9.91. The monoisotopic (exact) mass is 412 g/mol. The Morgan fingerprint density at radius 1 is 1.04 bits per heavy atom. The fourth-order valence-corrected chi connectivity index (χ4v) is 4.22. The molecule has 0 saturated carbocycles. The maximum Gasteiger partial charge on any atom is 0.157 e. The lowest BCUT2D eigenvalue weighted by molar-refractivity contribution is 0.550. The highest BCUT2D eigenvalue weighted by atomic mass is 35.5. The molecule has 0 spiro atoms. The van der Waals surface area contributed by atoms with Gasteiger partial charge in [0.05, 0.1) is 16.2 Å². The SMILES string of the molecule is Cc1c(C(C)(C)C)nn(C)c1-c1nc2c(Cl)cc(-c3ccccc3Cl)cc2[nH]1. The summed E-state index contributed by atoms with van der Waals surface area (Å²) in [7, 11) is 1.95. The number of aryl methyl sites for hydroxylation is 1. The highest BCUT2D eigenvalue weighted by Gasteiger charge is 2.25. The molecule has 2 aromatic heterocycles. The Bertz CT molecular complexity index is 1200. The van der Waals surface area contributed by atoms with Crippen molar-refractivity contribution in [3.05, 3.63) is 57.7 Å². The number of nitrogens with zero attached hydrogens (tertiary/aromatic N) is 3. The molecular weight excluding hydrogens is 391 g/mol. The summed E-state index contributed by atoms with van der Waals surface area (Å²) in [5.74, 6) is 0.760. The van der Waals surface area contributed by atoms with Crippen LogP contribution in [-0.4, -0.2) is 19.7 Å². The highest BCUT2D eigenvalue weighted by molar-refractivity contribution is 6.36.